The summed E-state index contributed by atoms with van der Waals surface area (Å²) in [5, 5.41) is 11.1. The summed E-state index contributed by atoms with van der Waals surface area (Å²) in [6.45, 7) is 1.46. The van der Waals surface area contributed by atoms with Gasteiger partial charge < -0.3 is 0 Å². The molecule has 0 bridgehead atoms. The van der Waals surface area contributed by atoms with Gasteiger partial charge in [0.25, 0.3) is 21.6 Å². The molecule has 0 atom stereocenters. The van der Waals surface area contributed by atoms with Crippen molar-refractivity contribution in [2.75, 3.05) is 0 Å². The van der Waals surface area contributed by atoms with Crippen molar-refractivity contribution in [3.05, 3.63) is 55.3 Å². The van der Waals surface area contributed by atoms with Crippen molar-refractivity contribution in [3.63, 3.8) is 0 Å². The average molecular weight is 409 g/mol. The summed E-state index contributed by atoms with van der Waals surface area (Å²) >= 11 is 1.36. The van der Waals surface area contributed by atoms with Crippen molar-refractivity contribution in [3.8, 4) is 0 Å². The fraction of sp³-hybridized carbons (Fsp3) is 0.353. The van der Waals surface area contributed by atoms with Crippen molar-refractivity contribution in [2.24, 2.45) is 0 Å². The summed E-state index contributed by atoms with van der Waals surface area (Å²) in [6.07, 6.45) is 5.17. The molecule has 144 valence electrons. The van der Waals surface area contributed by atoms with Gasteiger partial charge in [0.1, 0.15) is 0 Å². The number of hydrogen-bond acceptors (Lipinski definition) is 6. The van der Waals surface area contributed by atoms with Crippen LogP contribution in [0, 0.1) is 17.0 Å². The molecule has 27 heavy (non-hydrogen) atoms. The first-order valence-electron chi connectivity index (χ1n) is 8.47. The Bertz CT molecular complexity index is 974. The third kappa shape index (κ3) is 4.18. The van der Waals surface area contributed by atoms with Crippen molar-refractivity contribution in [1.29, 1.82) is 0 Å². The van der Waals surface area contributed by atoms with Gasteiger partial charge in [-0.25, -0.2) is 8.42 Å². The zero-order valence-electron chi connectivity index (χ0n) is 14.6. The fourth-order valence-corrected chi connectivity index (χ4v) is 5.52. The molecule has 1 aliphatic carbocycles. The number of nitro groups is 1. The van der Waals surface area contributed by atoms with E-state index in [0.717, 1.165) is 48.6 Å². The third-order valence-corrected chi connectivity index (χ3v) is 7.10. The molecule has 0 aliphatic heterocycles. The molecular weight excluding hydrogens is 390 g/mol. The molecule has 0 unspecified atom stereocenters. The number of carbonyl (C=O) groups is 1. The maximum atomic E-state index is 12.5. The molecule has 1 amide bonds. The van der Waals surface area contributed by atoms with E-state index >= 15 is 0 Å². The highest BCUT2D eigenvalue weighted by atomic mass is 32.2. The Kier molecular flexibility index (Phi) is 5.59. The second kappa shape index (κ2) is 7.75. The van der Waals surface area contributed by atoms with Gasteiger partial charge in [-0.05, 0) is 49.8 Å². The number of fused-ring (bicyclic) bond motifs is 1. The number of amides is 1. The van der Waals surface area contributed by atoms with Crippen molar-refractivity contribution in [2.45, 2.75) is 43.9 Å². The number of rotatable bonds is 5. The summed E-state index contributed by atoms with van der Waals surface area (Å²) in [7, 11) is -4.30. The highest BCUT2D eigenvalue weighted by Crippen LogP contribution is 2.29. The Hall–Kier alpha value is -2.30. The van der Waals surface area contributed by atoms with E-state index in [1.807, 2.05) is 4.83 Å². The van der Waals surface area contributed by atoms with Gasteiger partial charge in [-0.3, -0.25) is 20.3 Å². The minimum Gasteiger partial charge on any atom is -0.273 e. The zero-order chi connectivity index (χ0) is 19.6. The van der Waals surface area contributed by atoms with Gasteiger partial charge in [0.2, 0.25) is 0 Å². The van der Waals surface area contributed by atoms with Gasteiger partial charge in [-0.1, -0.05) is 18.6 Å². The number of nitrogens with zero attached hydrogens (tertiary/aromatic N) is 1. The molecule has 2 aromatic rings. The fourth-order valence-electron chi connectivity index (χ4n) is 3.14. The Morgan fingerprint density at radius 2 is 1.96 bits per heavy atom. The highest BCUT2D eigenvalue weighted by Gasteiger charge is 2.28. The molecule has 0 spiro atoms. The number of benzene rings is 1. The van der Waals surface area contributed by atoms with Crippen molar-refractivity contribution < 1.29 is 18.1 Å². The van der Waals surface area contributed by atoms with E-state index in [9.17, 15) is 23.3 Å². The highest BCUT2D eigenvalue weighted by molar-refractivity contribution is 7.89. The Balaban J connectivity index is 1.78. The maximum Gasteiger partial charge on any atom is 0.289 e. The lowest BCUT2D eigenvalue weighted by Crippen LogP contribution is -2.41. The van der Waals surface area contributed by atoms with E-state index in [2.05, 4.69) is 5.43 Å². The van der Waals surface area contributed by atoms with Crippen LogP contribution in [0.4, 0.5) is 5.69 Å². The van der Waals surface area contributed by atoms with Crippen LogP contribution in [-0.4, -0.2) is 19.2 Å². The van der Waals surface area contributed by atoms with E-state index in [-0.39, 0.29) is 5.56 Å². The first kappa shape index (κ1) is 19.5. The number of carbonyl (C=O) groups excluding carboxylic acids is 1. The SMILES string of the molecule is Cc1cccc([N+](=O)[O-])c1S(=O)(=O)NNC(=O)c1cc2c(s1)CCCCC2. The van der Waals surface area contributed by atoms with E-state index in [1.165, 1.54) is 30.4 Å². The number of hydrogen-bond donors (Lipinski definition) is 2. The van der Waals surface area contributed by atoms with Crippen LogP contribution in [0.15, 0.2) is 29.2 Å². The zero-order valence-corrected chi connectivity index (χ0v) is 16.3. The first-order chi connectivity index (χ1) is 12.8. The average Bonchev–Trinajstić information content (AvgIpc) is 2.90. The van der Waals surface area contributed by atoms with Gasteiger partial charge in [-0.15, -0.1) is 16.2 Å². The van der Waals surface area contributed by atoms with Crippen LogP contribution in [-0.2, 0) is 22.9 Å². The number of nitro benzene ring substituents is 1. The topological polar surface area (TPSA) is 118 Å². The van der Waals surface area contributed by atoms with Crippen LogP contribution in [0.1, 0.15) is 44.9 Å². The van der Waals surface area contributed by atoms with Crippen molar-refractivity contribution >= 4 is 33.0 Å². The molecule has 1 aromatic heterocycles. The molecular formula is C17H19N3O5S2. The number of aryl methyl sites for hydroxylation is 3. The predicted octanol–water partition coefficient (Wildman–Crippen LogP) is 2.86. The largest absolute Gasteiger partial charge is 0.289 e. The number of nitrogens with one attached hydrogen (secondary N) is 2. The second-order valence-corrected chi connectivity index (χ2v) is 9.12. The third-order valence-electron chi connectivity index (χ3n) is 4.43. The second-order valence-electron chi connectivity index (χ2n) is 6.36. The number of hydrazine groups is 1. The van der Waals surface area contributed by atoms with E-state index in [0.29, 0.717) is 4.88 Å². The lowest BCUT2D eigenvalue weighted by atomic mass is 10.1. The van der Waals surface area contributed by atoms with Crippen LogP contribution in [0.3, 0.4) is 0 Å². The van der Waals surface area contributed by atoms with Crippen LogP contribution in [0.25, 0.3) is 0 Å². The molecule has 0 saturated heterocycles. The molecule has 0 fully saturated rings. The van der Waals surface area contributed by atoms with Crippen LogP contribution >= 0.6 is 11.3 Å². The van der Waals surface area contributed by atoms with Crippen molar-refractivity contribution in [1.82, 2.24) is 10.3 Å². The smallest absolute Gasteiger partial charge is 0.273 e. The van der Waals surface area contributed by atoms with E-state index in [4.69, 9.17) is 0 Å². The summed E-state index contributed by atoms with van der Waals surface area (Å²) in [5.41, 5.74) is 2.98. The van der Waals surface area contributed by atoms with Crippen LogP contribution in [0.5, 0.6) is 0 Å². The molecule has 8 nitrogen and oxygen atoms in total. The normalized spacial score (nSPS) is 14.3. The molecule has 0 radical (unpaired) electrons. The minimum absolute atomic E-state index is 0.216. The van der Waals surface area contributed by atoms with E-state index in [1.54, 1.807) is 6.07 Å². The first-order valence-corrected chi connectivity index (χ1v) is 10.8. The molecule has 1 heterocycles. The molecule has 10 heteroatoms. The molecule has 1 aromatic carbocycles. The summed E-state index contributed by atoms with van der Waals surface area (Å²) in [6, 6.07) is 5.77. The van der Waals surface area contributed by atoms with Gasteiger partial charge in [0.05, 0.1) is 9.80 Å². The summed E-state index contributed by atoms with van der Waals surface area (Å²) in [4.78, 5) is 25.9. The van der Waals surface area contributed by atoms with Crippen LogP contribution in [0.2, 0.25) is 0 Å². The van der Waals surface area contributed by atoms with Crippen LogP contribution < -0.4 is 10.3 Å². The lowest BCUT2D eigenvalue weighted by molar-refractivity contribution is -0.387. The molecule has 3 rings (SSSR count). The summed E-state index contributed by atoms with van der Waals surface area (Å²) < 4.78 is 25.1. The van der Waals surface area contributed by atoms with Gasteiger partial charge in [0, 0.05) is 10.9 Å². The quantitative estimate of drug-likeness (QED) is 0.447. The van der Waals surface area contributed by atoms with Gasteiger partial charge in [-0.2, -0.15) is 0 Å². The molecule has 0 saturated carbocycles. The number of sulfonamides is 1. The molecule has 1 aliphatic rings. The van der Waals surface area contributed by atoms with E-state index < -0.39 is 31.4 Å². The Morgan fingerprint density at radius 1 is 1.22 bits per heavy atom. The Labute approximate surface area is 160 Å². The van der Waals surface area contributed by atoms with Gasteiger partial charge in [0.15, 0.2) is 4.90 Å². The minimum atomic E-state index is -4.30. The Morgan fingerprint density at radius 3 is 2.70 bits per heavy atom. The monoisotopic (exact) mass is 409 g/mol. The molecule has 2 N–H and O–H groups in total. The lowest BCUT2D eigenvalue weighted by Gasteiger charge is -2.10. The predicted molar refractivity (Wildman–Crippen MR) is 101 cm³/mol. The maximum absolute atomic E-state index is 12.5. The summed E-state index contributed by atoms with van der Waals surface area (Å²) in [5.74, 6) is -0.576. The standard InChI is InChI=1S/C17H19N3O5S2/c1-11-6-5-8-13(20(22)23)16(11)27(24,25)19-18-17(21)15-10-12-7-3-2-4-9-14(12)26-15/h5-6,8,10,19H,2-4,7,9H2,1H3,(H,18,21). The number of thiophene rings is 1. The van der Waals surface area contributed by atoms with Gasteiger partial charge >= 0.3 is 0 Å².